The van der Waals surface area contributed by atoms with Crippen molar-refractivity contribution in [3.63, 3.8) is 0 Å². The fourth-order valence-corrected chi connectivity index (χ4v) is 6.90. The maximum atomic E-state index is 6.50. The maximum Gasteiger partial charge on any atom is 0.138 e. The molecule has 0 amide bonds. The van der Waals surface area contributed by atoms with Gasteiger partial charge in [-0.05, 0) is 76.3 Å². The molecular weight excluding hydrogens is 761 g/mol. The molecule has 0 aliphatic rings. The summed E-state index contributed by atoms with van der Waals surface area (Å²) < 4.78 is 7.69. The summed E-state index contributed by atoms with van der Waals surface area (Å²) in [5.74, 6) is 0.362. The molecule has 0 bridgehead atoms. The molecule has 0 spiro atoms. The summed E-state index contributed by atoms with van der Waals surface area (Å²) in [7, 11) is 0. The van der Waals surface area contributed by atoms with Gasteiger partial charge >= 0.3 is 0 Å². The third-order valence-electron chi connectivity index (χ3n) is 8.23. The Hall–Kier alpha value is -4.41. The van der Waals surface area contributed by atoms with Crippen molar-refractivity contribution in [2.24, 2.45) is 0 Å². The summed E-state index contributed by atoms with van der Waals surface area (Å²) >= 11 is 1.72. The summed E-state index contributed by atoms with van der Waals surface area (Å²) in [6.07, 6.45) is 3.82. The first-order valence-electron chi connectivity index (χ1n) is 15.2. The summed E-state index contributed by atoms with van der Waals surface area (Å²) in [4.78, 5) is 9.15. The predicted octanol–water partition coefficient (Wildman–Crippen LogP) is 11.6. The Labute approximate surface area is 287 Å². The van der Waals surface area contributed by atoms with Gasteiger partial charge < -0.3 is 14.4 Å². The van der Waals surface area contributed by atoms with Gasteiger partial charge in [0.15, 0.2) is 0 Å². The zero-order valence-corrected chi connectivity index (χ0v) is 29.3. The van der Waals surface area contributed by atoms with Crippen molar-refractivity contribution < 1.29 is 24.5 Å². The van der Waals surface area contributed by atoms with E-state index in [-0.39, 0.29) is 20.1 Å². The second-order valence-corrected chi connectivity index (χ2v) is 12.5. The zero-order chi connectivity index (χ0) is 30.9. The number of hydrogen-bond donors (Lipinski definition) is 0. The molecule has 0 fully saturated rings. The fourth-order valence-electron chi connectivity index (χ4n) is 6.02. The van der Waals surface area contributed by atoms with Crippen LogP contribution in [0.1, 0.15) is 36.5 Å². The smallest absolute Gasteiger partial charge is 0.138 e. The molecule has 229 valence electrons. The van der Waals surface area contributed by atoms with Crippen molar-refractivity contribution in [2.75, 3.05) is 0 Å². The Morgan fingerprint density at radius 1 is 0.739 bits per heavy atom. The average molecular weight is 793 g/mol. The van der Waals surface area contributed by atoms with E-state index in [1.807, 2.05) is 54.7 Å². The molecule has 46 heavy (non-hydrogen) atoms. The number of pyridine rings is 2. The minimum absolute atomic E-state index is 0. The van der Waals surface area contributed by atoms with E-state index in [4.69, 9.17) is 9.40 Å². The van der Waals surface area contributed by atoms with Crippen LogP contribution in [0.5, 0.6) is 0 Å². The Bertz CT molecular complexity index is 2210. The first-order chi connectivity index (χ1) is 22.0. The topological polar surface area (TPSA) is 38.9 Å². The van der Waals surface area contributed by atoms with E-state index in [2.05, 4.69) is 98.7 Å². The molecule has 0 saturated heterocycles. The molecule has 0 atom stereocenters. The minimum Gasteiger partial charge on any atom is -0.499 e. The number of rotatable bonds is 4. The Kier molecular flexibility index (Phi) is 9.28. The van der Waals surface area contributed by atoms with Crippen LogP contribution < -0.4 is 0 Å². The number of aromatic nitrogens is 2. The molecule has 5 heteroatoms. The van der Waals surface area contributed by atoms with E-state index < -0.39 is 0 Å². The average Bonchev–Trinajstić information content (AvgIpc) is 3.71. The van der Waals surface area contributed by atoms with Crippen molar-refractivity contribution in [1.82, 2.24) is 9.97 Å². The van der Waals surface area contributed by atoms with E-state index in [1.165, 1.54) is 37.9 Å². The number of furan rings is 1. The van der Waals surface area contributed by atoms with Crippen molar-refractivity contribution in [3.8, 4) is 33.6 Å². The van der Waals surface area contributed by atoms with Gasteiger partial charge in [-0.15, -0.1) is 65.4 Å². The third-order valence-corrected chi connectivity index (χ3v) is 9.16. The zero-order valence-electron chi connectivity index (χ0n) is 26.1. The number of thiophene rings is 1. The molecule has 0 aliphatic carbocycles. The normalized spacial score (nSPS) is 11.1. The van der Waals surface area contributed by atoms with Gasteiger partial charge in [-0.1, -0.05) is 73.3 Å². The molecule has 4 heterocycles. The monoisotopic (exact) mass is 793 g/mol. The van der Waals surface area contributed by atoms with Crippen molar-refractivity contribution in [3.05, 3.63) is 144 Å². The molecule has 8 rings (SSSR count). The van der Waals surface area contributed by atoms with Gasteiger partial charge in [-0.25, -0.2) is 0 Å². The molecule has 8 aromatic rings. The van der Waals surface area contributed by atoms with Gasteiger partial charge in [0.2, 0.25) is 0 Å². The van der Waals surface area contributed by atoms with Crippen LogP contribution in [0.3, 0.4) is 0 Å². The van der Waals surface area contributed by atoms with E-state index in [1.54, 1.807) is 17.5 Å². The summed E-state index contributed by atoms with van der Waals surface area (Å²) in [5, 5.41) is 5.59. The number of benzene rings is 4. The summed E-state index contributed by atoms with van der Waals surface area (Å²) in [5.41, 5.74) is 12.0. The van der Waals surface area contributed by atoms with Gasteiger partial charge in [-0.3, -0.25) is 0 Å². The Morgan fingerprint density at radius 3 is 2.28 bits per heavy atom. The van der Waals surface area contributed by atoms with Gasteiger partial charge in [0, 0.05) is 43.4 Å². The van der Waals surface area contributed by atoms with Gasteiger partial charge in [0.25, 0.3) is 0 Å². The quantitative estimate of drug-likeness (QED) is 0.167. The first kappa shape index (κ1) is 31.6. The molecular formula is C41H32IrN2OS-2. The molecule has 0 unspecified atom stereocenters. The van der Waals surface area contributed by atoms with Crippen molar-refractivity contribution >= 4 is 43.4 Å². The van der Waals surface area contributed by atoms with E-state index in [9.17, 15) is 0 Å². The van der Waals surface area contributed by atoms with Crippen LogP contribution in [0.2, 0.25) is 0 Å². The van der Waals surface area contributed by atoms with Crippen LogP contribution in [0.4, 0.5) is 0 Å². The first-order valence-corrected chi connectivity index (χ1v) is 16.1. The van der Waals surface area contributed by atoms with E-state index >= 15 is 0 Å². The van der Waals surface area contributed by atoms with Gasteiger partial charge in [0.1, 0.15) is 5.58 Å². The van der Waals surface area contributed by atoms with Crippen molar-refractivity contribution in [1.29, 1.82) is 0 Å². The molecule has 1 radical (unpaired) electrons. The number of nitrogens with zero attached hydrogens (tertiary/aromatic N) is 2. The largest absolute Gasteiger partial charge is 0.499 e. The standard InChI is InChI=1S/C30H24NOS.C11H8N.Ir/c1-17(2)24-15-26(31-16-25(24)27-18(3)7-5-8-19(27)4)23-10-6-9-21-22-12-11-20-13-14-33-30(20)29(22)32-28(21)23;1-2-6-10(7-3-1)11-8-4-5-9-12-11;/h5-9,11-17H,1-4H3;1-6,8-9H;/q2*-1;. The van der Waals surface area contributed by atoms with Crippen LogP contribution in [-0.2, 0) is 20.1 Å². The van der Waals surface area contributed by atoms with Crippen molar-refractivity contribution in [2.45, 2.75) is 33.6 Å². The summed E-state index contributed by atoms with van der Waals surface area (Å²) in [6, 6.07) is 39.5. The maximum absolute atomic E-state index is 6.50. The minimum atomic E-state index is 0. The Balaban J connectivity index is 0.000000241. The molecule has 4 aromatic heterocycles. The summed E-state index contributed by atoms with van der Waals surface area (Å²) in [6.45, 7) is 8.84. The molecule has 0 aliphatic heterocycles. The number of hydrogen-bond acceptors (Lipinski definition) is 4. The molecule has 0 saturated carbocycles. The van der Waals surface area contributed by atoms with E-state index in [0.29, 0.717) is 5.92 Å². The molecule has 3 nitrogen and oxygen atoms in total. The number of aryl methyl sites for hydroxylation is 2. The van der Waals surface area contributed by atoms with Crippen LogP contribution >= 0.6 is 11.3 Å². The van der Waals surface area contributed by atoms with Crippen LogP contribution in [0.25, 0.3) is 65.7 Å². The van der Waals surface area contributed by atoms with Crippen LogP contribution in [0, 0.1) is 26.0 Å². The third kappa shape index (κ3) is 5.94. The number of fused-ring (bicyclic) bond motifs is 5. The fraction of sp³-hybridized carbons (Fsp3) is 0.122. The SMILES string of the molecule is Cc1cccc(C)c1-c1cnc(-c2[c-]ccc3c2oc2c3ccc3ccsc32)cc1C(C)C.[Ir].[c-]1ccccc1-c1ccccn1. The van der Waals surface area contributed by atoms with E-state index in [0.717, 1.165) is 44.5 Å². The predicted molar refractivity (Wildman–Crippen MR) is 189 cm³/mol. The molecule has 0 N–H and O–H groups in total. The Morgan fingerprint density at radius 2 is 1.54 bits per heavy atom. The second-order valence-electron chi connectivity index (χ2n) is 11.5. The van der Waals surface area contributed by atoms with Gasteiger partial charge in [-0.2, -0.15) is 0 Å². The van der Waals surface area contributed by atoms with Crippen LogP contribution in [-0.4, -0.2) is 9.97 Å². The van der Waals surface area contributed by atoms with Crippen LogP contribution in [0.15, 0.2) is 119 Å². The second kappa shape index (κ2) is 13.5. The van der Waals surface area contributed by atoms with Gasteiger partial charge in [0.05, 0.1) is 10.3 Å². The molecule has 4 aromatic carbocycles.